The Kier molecular flexibility index (Phi) is 4.92. The zero-order valence-electron chi connectivity index (χ0n) is 17.7. The Morgan fingerprint density at radius 3 is 2.63 bits per heavy atom. The number of carbonyl (C=O) groups is 2. The third-order valence-corrected chi connectivity index (χ3v) is 7.42. The monoisotopic (exact) mass is 406 g/mol. The van der Waals surface area contributed by atoms with Gasteiger partial charge >= 0.3 is 0 Å². The van der Waals surface area contributed by atoms with Crippen LogP contribution < -0.4 is 5.32 Å². The fourth-order valence-corrected chi connectivity index (χ4v) is 5.47. The van der Waals surface area contributed by atoms with E-state index in [1.165, 1.54) is 24.0 Å². The molecule has 1 saturated carbocycles. The van der Waals surface area contributed by atoms with Crippen LogP contribution in [0.4, 0.5) is 0 Å². The van der Waals surface area contributed by atoms with Crippen molar-refractivity contribution < 1.29 is 14.0 Å². The lowest BCUT2D eigenvalue weighted by molar-refractivity contribution is -0.121. The molecule has 1 aromatic heterocycles. The van der Waals surface area contributed by atoms with Crippen LogP contribution in [0.2, 0.25) is 0 Å². The Labute approximate surface area is 177 Å². The summed E-state index contributed by atoms with van der Waals surface area (Å²) in [5, 5.41) is 3.14. The average molecular weight is 407 g/mol. The molecule has 2 heterocycles. The smallest absolute Gasteiger partial charge is 0.257 e. The van der Waals surface area contributed by atoms with Gasteiger partial charge in [0.1, 0.15) is 5.76 Å². The summed E-state index contributed by atoms with van der Waals surface area (Å²) in [5.74, 6) is 1.92. The maximum atomic E-state index is 12.9. The predicted octanol–water partition coefficient (Wildman–Crippen LogP) is 4.17. The van der Waals surface area contributed by atoms with Gasteiger partial charge in [-0.3, -0.25) is 9.59 Å². The van der Waals surface area contributed by atoms with Gasteiger partial charge < -0.3 is 14.6 Å². The molecule has 5 rings (SSSR count). The maximum Gasteiger partial charge on any atom is 0.257 e. The lowest BCUT2D eigenvalue weighted by Crippen LogP contribution is -2.44. The van der Waals surface area contributed by atoms with Crippen molar-refractivity contribution in [3.05, 3.63) is 59.0 Å². The van der Waals surface area contributed by atoms with Crippen LogP contribution in [-0.2, 0) is 10.2 Å². The van der Waals surface area contributed by atoms with Crippen molar-refractivity contribution in [1.82, 2.24) is 10.2 Å². The van der Waals surface area contributed by atoms with E-state index in [4.69, 9.17) is 4.42 Å². The quantitative estimate of drug-likeness (QED) is 0.811. The van der Waals surface area contributed by atoms with Crippen molar-refractivity contribution >= 4 is 11.8 Å². The Hall–Kier alpha value is -2.56. The first-order valence-corrected chi connectivity index (χ1v) is 11.3. The van der Waals surface area contributed by atoms with Gasteiger partial charge in [0.25, 0.3) is 5.91 Å². The van der Waals surface area contributed by atoms with Crippen molar-refractivity contribution in [3.63, 3.8) is 0 Å². The van der Waals surface area contributed by atoms with E-state index >= 15 is 0 Å². The molecule has 1 N–H and O–H groups in total. The first-order valence-electron chi connectivity index (χ1n) is 11.3. The van der Waals surface area contributed by atoms with Gasteiger partial charge in [0.15, 0.2) is 0 Å². The zero-order chi connectivity index (χ0) is 20.7. The number of nitrogens with one attached hydrogen (secondary N) is 1. The molecule has 1 spiro atoms. The number of piperidine rings is 1. The van der Waals surface area contributed by atoms with Crippen LogP contribution in [0.15, 0.2) is 41.0 Å². The SMILES string of the molecule is Cc1occc1C(=O)N1CCC2(CC1)C[C@@H](CC(=O)NCC1CC1)c1ccccc12. The first kappa shape index (κ1) is 19.4. The third kappa shape index (κ3) is 3.55. The van der Waals surface area contributed by atoms with Crippen molar-refractivity contribution in [3.8, 4) is 0 Å². The molecule has 3 aliphatic rings. The van der Waals surface area contributed by atoms with E-state index in [1.54, 1.807) is 12.3 Å². The molecular weight excluding hydrogens is 376 g/mol. The van der Waals surface area contributed by atoms with E-state index in [9.17, 15) is 9.59 Å². The molecule has 0 radical (unpaired) electrons. The number of benzene rings is 1. The molecule has 2 aromatic rings. The van der Waals surface area contributed by atoms with Crippen LogP contribution in [0.1, 0.15) is 71.7 Å². The first-order chi connectivity index (χ1) is 14.6. The molecule has 1 aromatic carbocycles. The second kappa shape index (κ2) is 7.60. The van der Waals surface area contributed by atoms with E-state index in [1.807, 2.05) is 11.8 Å². The number of furan rings is 1. The second-order valence-electron chi connectivity index (χ2n) is 9.40. The highest BCUT2D eigenvalue weighted by Gasteiger charge is 2.46. The molecule has 0 bridgehead atoms. The summed E-state index contributed by atoms with van der Waals surface area (Å²) in [4.78, 5) is 27.4. The lowest BCUT2D eigenvalue weighted by atomic mass is 9.73. The number of aryl methyl sites for hydroxylation is 1. The van der Waals surface area contributed by atoms with Gasteiger partial charge in [-0.25, -0.2) is 0 Å². The van der Waals surface area contributed by atoms with E-state index in [0.717, 1.165) is 38.9 Å². The van der Waals surface area contributed by atoms with Crippen LogP contribution in [0.25, 0.3) is 0 Å². The highest BCUT2D eigenvalue weighted by atomic mass is 16.3. The standard InChI is InChI=1S/C25H30N2O3/c1-17-20(8-13-30-17)24(29)27-11-9-25(10-12-27)15-19(21-4-2-3-5-22(21)25)14-23(28)26-16-18-6-7-18/h2-5,8,13,18-19H,6-7,9-12,14-16H2,1H3,(H,26,28)/t19-/m1/s1. The van der Waals surface area contributed by atoms with Gasteiger partial charge in [0, 0.05) is 26.1 Å². The molecule has 5 nitrogen and oxygen atoms in total. The molecule has 1 aliphatic heterocycles. The number of likely N-dealkylation sites (tertiary alicyclic amines) is 1. The normalized spacial score (nSPS) is 22.2. The molecule has 0 unspecified atom stereocenters. The van der Waals surface area contributed by atoms with Crippen LogP contribution in [0.5, 0.6) is 0 Å². The largest absolute Gasteiger partial charge is 0.469 e. The fourth-order valence-electron chi connectivity index (χ4n) is 5.47. The number of carbonyl (C=O) groups excluding carboxylic acids is 2. The van der Waals surface area contributed by atoms with Crippen molar-refractivity contribution in [2.75, 3.05) is 19.6 Å². The summed E-state index contributed by atoms with van der Waals surface area (Å²) in [6.07, 6.45) is 7.57. The number of nitrogens with zero attached hydrogens (tertiary/aromatic N) is 1. The molecular formula is C25H30N2O3. The number of rotatable bonds is 5. The summed E-state index contributed by atoms with van der Waals surface area (Å²) < 4.78 is 5.32. The van der Waals surface area contributed by atoms with Gasteiger partial charge in [-0.15, -0.1) is 0 Å². The van der Waals surface area contributed by atoms with Gasteiger partial charge in [-0.2, -0.15) is 0 Å². The number of hydrogen-bond acceptors (Lipinski definition) is 3. The summed E-state index contributed by atoms with van der Waals surface area (Å²) in [6, 6.07) is 10.4. The topological polar surface area (TPSA) is 62.6 Å². The van der Waals surface area contributed by atoms with Crippen LogP contribution in [0.3, 0.4) is 0 Å². The van der Waals surface area contributed by atoms with E-state index in [-0.39, 0.29) is 23.1 Å². The average Bonchev–Trinajstić information content (AvgIpc) is 3.43. The molecule has 1 atom stereocenters. The lowest BCUT2D eigenvalue weighted by Gasteiger charge is -2.40. The number of fused-ring (bicyclic) bond motifs is 2. The van der Waals surface area contributed by atoms with Crippen molar-refractivity contribution in [1.29, 1.82) is 0 Å². The van der Waals surface area contributed by atoms with Gasteiger partial charge in [-0.1, -0.05) is 24.3 Å². The van der Waals surface area contributed by atoms with E-state index in [0.29, 0.717) is 23.7 Å². The predicted molar refractivity (Wildman–Crippen MR) is 114 cm³/mol. The molecule has 2 amide bonds. The molecule has 158 valence electrons. The zero-order valence-corrected chi connectivity index (χ0v) is 17.7. The molecule has 1 saturated heterocycles. The van der Waals surface area contributed by atoms with Crippen molar-refractivity contribution in [2.24, 2.45) is 5.92 Å². The fraction of sp³-hybridized carbons (Fsp3) is 0.520. The van der Waals surface area contributed by atoms with Crippen molar-refractivity contribution in [2.45, 2.75) is 56.8 Å². The molecule has 2 fully saturated rings. The van der Waals surface area contributed by atoms with Crippen LogP contribution >= 0.6 is 0 Å². The minimum absolute atomic E-state index is 0.0679. The summed E-state index contributed by atoms with van der Waals surface area (Å²) >= 11 is 0. The van der Waals surface area contributed by atoms with E-state index < -0.39 is 0 Å². The van der Waals surface area contributed by atoms with E-state index in [2.05, 4.69) is 29.6 Å². The Morgan fingerprint density at radius 2 is 1.93 bits per heavy atom. The maximum absolute atomic E-state index is 12.9. The van der Waals surface area contributed by atoms with Crippen LogP contribution in [0, 0.1) is 12.8 Å². The minimum atomic E-state index is 0.0679. The molecule has 30 heavy (non-hydrogen) atoms. The van der Waals surface area contributed by atoms with Crippen LogP contribution in [-0.4, -0.2) is 36.3 Å². The highest BCUT2D eigenvalue weighted by Crippen LogP contribution is 2.52. The van der Waals surface area contributed by atoms with Gasteiger partial charge in [-0.05, 0) is 73.5 Å². The number of hydrogen-bond donors (Lipinski definition) is 1. The van der Waals surface area contributed by atoms with Gasteiger partial charge in [0.2, 0.25) is 5.91 Å². The summed E-state index contributed by atoms with van der Waals surface area (Å²) in [5.41, 5.74) is 3.49. The third-order valence-electron chi connectivity index (χ3n) is 7.42. The Balaban J connectivity index is 1.28. The second-order valence-corrected chi connectivity index (χ2v) is 9.40. The Morgan fingerprint density at radius 1 is 1.17 bits per heavy atom. The minimum Gasteiger partial charge on any atom is -0.469 e. The summed E-state index contributed by atoms with van der Waals surface area (Å²) in [6.45, 7) is 4.17. The number of amides is 2. The summed E-state index contributed by atoms with van der Waals surface area (Å²) in [7, 11) is 0. The molecule has 2 aliphatic carbocycles. The Bertz CT molecular complexity index is 951. The van der Waals surface area contributed by atoms with Gasteiger partial charge in [0.05, 0.1) is 11.8 Å². The highest BCUT2D eigenvalue weighted by molar-refractivity contribution is 5.95. The molecule has 5 heteroatoms.